The molecule has 1 unspecified atom stereocenters. The van der Waals surface area contributed by atoms with Crippen molar-refractivity contribution in [3.63, 3.8) is 0 Å². The monoisotopic (exact) mass is 795 g/mol. The fraction of sp³-hybridized carbons (Fsp3) is 0.0517. The van der Waals surface area contributed by atoms with Crippen molar-refractivity contribution in [1.82, 2.24) is 0 Å². The molecule has 62 heavy (non-hydrogen) atoms. The molecule has 0 saturated carbocycles. The normalized spacial score (nSPS) is 14.9. The number of benzene rings is 9. The molecule has 4 nitrogen and oxygen atoms in total. The Morgan fingerprint density at radius 1 is 0.500 bits per heavy atom. The molecule has 11 rings (SSSR count). The predicted octanol–water partition coefficient (Wildman–Crippen LogP) is 14.4. The van der Waals surface area contributed by atoms with Gasteiger partial charge in [0, 0.05) is 22.6 Å². The van der Waals surface area contributed by atoms with Crippen LogP contribution in [0.3, 0.4) is 0 Å². The summed E-state index contributed by atoms with van der Waals surface area (Å²) in [7, 11) is 0. The van der Waals surface area contributed by atoms with Crippen molar-refractivity contribution >= 4 is 50.7 Å². The smallest absolute Gasteiger partial charge is 0.161 e. The molecule has 2 aliphatic rings. The predicted molar refractivity (Wildman–Crippen MR) is 260 cm³/mol. The highest BCUT2D eigenvalue weighted by Crippen LogP contribution is 2.48. The highest BCUT2D eigenvalue weighted by Gasteiger charge is 2.31. The molecule has 0 aromatic heterocycles. The molecular weight excluding hydrogens is 755 g/mol. The second kappa shape index (κ2) is 15.9. The van der Waals surface area contributed by atoms with Crippen LogP contribution in [0.25, 0.3) is 65.7 Å². The van der Waals surface area contributed by atoms with Crippen LogP contribution in [0.15, 0.2) is 233 Å². The van der Waals surface area contributed by atoms with Crippen LogP contribution in [-0.2, 0) is 0 Å². The van der Waals surface area contributed by atoms with Crippen LogP contribution in [0.5, 0.6) is 5.75 Å². The van der Waals surface area contributed by atoms with Gasteiger partial charge in [0.25, 0.3) is 0 Å². The third-order valence-corrected chi connectivity index (χ3v) is 12.3. The average Bonchev–Trinajstić information content (AvgIpc) is 3.72. The summed E-state index contributed by atoms with van der Waals surface area (Å²) in [6.45, 7) is 4.27. The van der Waals surface area contributed by atoms with Crippen LogP contribution in [0.1, 0.15) is 29.0 Å². The number of nitrogens with zero attached hydrogens (tertiary/aromatic N) is 3. The average molecular weight is 796 g/mol. The molecule has 0 bridgehead atoms. The number of ether oxygens (including phenoxy) is 1. The maximum absolute atomic E-state index is 6.70. The molecule has 9 aromatic carbocycles. The minimum Gasteiger partial charge on any atom is -0.461 e. The highest BCUT2D eigenvalue weighted by atomic mass is 16.5. The van der Waals surface area contributed by atoms with Crippen molar-refractivity contribution in [2.24, 2.45) is 15.0 Å². The molecule has 4 heteroatoms. The molecule has 1 atom stereocenters. The van der Waals surface area contributed by atoms with E-state index in [9.17, 15) is 0 Å². The van der Waals surface area contributed by atoms with Crippen molar-refractivity contribution < 1.29 is 4.74 Å². The van der Waals surface area contributed by atoms with Gasteiger partial charge in [0.1, 0.15) is 11.5 Å². The van der Waals surface area contributed by atoms with E-state index in [2.05, 4.69) is 157 Å². The first-order valence-corrected chi connectivity index (χ1v) is 21.2. The third kappa shape index (κ3) is 6.72. The summed E-state index contributed by atoms with van der Waals surface area (Å²) in [6.07, 6.45) is 5.29. The van der Waals surface area contributed by atoms with Gasteiger partial charge in [-0.15, -0.1) is 0 Å². The van der Waals surface area contributed by atoms with E-state index in [4.69, 9.17) is 14.7 Å². The number of hydrogen-bond donors (Lipinski definition) is 0. The summed E-state index contributed by atoms with van der Waals surface area (Å²) in [5, 5.41) is 7.66. The first-order chi connectivity index (χ1) is 30.7. The molecule has 1 aliphatic heterocycles. The lowest BCUT2D eigenvalue weighted by molar-refractivity contribution is 0.424. The minimum atomic E-state index is 0.171. The van der Waals surface area contributed by atoms with E-state index in [1.165, 1.54) is 65.7 Å². The Morgan fingerprint density at radius 3 is 1.61 bits per heavy atom. The third-order valence-electron chi connectivity index (χ3n) is 12.3. The fourth-order valence-corrected chi connectivity index (χ4v) is 9.26. The quantitative estimate of drug-likeness (QED) is 0.0900. The summed E-state index contributed by atoms with van der Waals surface area (Å²) < 4.78 is 6.70. The number of hydrogen-bond acceptors (Lipinski definition) is 2. The van der Waals surface area contributed by atoms with Crippen molar-refractivity contribution in [1.29, 1.82) is 0 Å². The van der Waals surface area contributed by atoms with Gasteiger partial charge in [0.05, 0.1) is 6.54 Å². The van der Waals surface area contributed by atoms with Crippen LogP contribution in [-0.4, -0.2) is 24.9 Å². The molecule has 0 fully saturated rings. The fourth-order valence-electron chi connectivity index (χ4n) is 9.26. The number of fused-ring (bicyclic) bond motifs is 9. The van der Waals surface area contributed by atoms with E-state index in [-0.39, 0.29) is 5.92 Å². The van der Waals surface area contributed by atoms with E-state index in [1.54, 1.807) is 0 Å². The zero-order valence-corrected chi connectivity index (χ0v) is 34.1. The molecular formula is C58H41N3O. The van der Waals surface area contributed by atoms with Gasteiger partial charge < -0.3 is 4.74 Å². The van der Waals surface area contributed by atoms with E-state index >= 15 is 0 Å². The molecule has 0 amide bonds. The van der Waals surface area contributed by atoms with Gasteiger partial charge in [-0.25, -0.2) is 9.98 Å². The number of rotatable bonds is 7. The second-order valence-electron chi connectivity index (χ2n) is 15.9. The van der Waals surface area contributed by atoms with E-state index in [0.29, 0.717) is 18.2 Å². The summed E-state index contributed by atoms with van der Waals surface area (Å²) in [6, 6.07) is 68.7. The van der Waals surface area contributed by atoms with Gasteiger partial charge in [0.15, 0.2) is 11.7 Å². The molecule has 1 heterocycles. The molecule has 294 valence electrons. The van der Waals surface area contributed by atoms with Gasteiger partial charge in [-0.3, -0.25) is 4.99 Å². The Kier molecular flexibility index (Phi) is 9.51. The maximum Gasteiger partial charge on any atom is 0.161 e. The Hall–Kier alpha value is -7.95. The Labute approximate surface area is 361 Å². The standard InChI is InChI=1S/C58H41N3O/c1-59-57(39-16-4-2-5-17-39)61-58(40-18-6-3-7-19-40)60-37-38-28-31-52-53-33-30-42(36-56(53)62-55(52)34-38)44-21-9-11-23-46(44)45-22-10-8-20-43(45)41-29-32-51-49-26-13-12-24-47(49)48-25-14-15-27-50(48)54(51)35-41/h2-30,32-36,52H,1,31,37H2. The summed E-state index contributed by atoms with van der Waals surface area (Å²) in [5.74, 6) is 3.19. The number of allylic oxidation sites excluding steroid dienone is 2. The van der Waals surface area contributed by atoms with Gasteiger partial charge in [0.2, 0.25) is 0 Å². The van der Waals surface area contributed by atoms with Gasteiger partial charge >= 0.3 is 0 Å². The molecule has 1 aliphatic carbocycles. The molecule has 0 N–H and O–H groups in total. The van der Waals surface area contributed by atoms with Crippen LogP contribution in [0.2, 0.25) is 0 Å². The first kappa shape index (κ1) is 37.1. The zero-order chi connectivity index (χ0) is 41.4. The maximum atomic E-state index is 6.70. The van der Waals surface area contributed by atoms with Gasteiger partial charge in [-0.1, -0.05) is 188 Å². The first-order valence-electron chi connectivity index (χ1n) is 21.2. The summed E-state index contributed by atoms with van der Waals surface area (Å²) in [5.41, 5.74) is 11.2. The lowest BCUT2D eigenvalue weighted by Gasteiger charge is -2.17. The van der Waals surface area contributed by atoms with Crippen molar-refractivity contribution in [3.8, 4) is 39.1 Å². The highest BCUT2D eigenvalue weighted by molar-refractivity contribution is 6.26. The van der Waals surface area contributed by atoms with E-state index in [0.717, 1.165) is 40.2 Å². The van der Waals surface area contributed by atoms with E-state index in [1.807, 2.05) is 60.7 Å². The van der Waals surface area contributed by atoms with E-state index < -0.39 is 0 Å². The topological polar surface area (TPSA) is 46.3 Å². The Balaban J connectivity index is 0.905. The second-order valence-corrected chi connectivity index (χ2v) is 15.9. The molecule has 0 radical (unpaired) electrons. The van der Waals surface area contributed by atoms with Gasteiger partial charge in [-0.05, 0) is 103 Å². The SMILES string of the molecule is C=NC(=NC(=NCC1=CCC2C(=C1)Oc1cc(-c3ccccc3-c3ccccc3-c3ccc4c5ccccc5c5ccccc5c4c3)ccc12)c1ccccc1)c1ccccc1. The summed E-state index contributed by atoms with van der Waals surface area (Å²) >= 11 is 0. The zero-order valence-electron chi connectivity index (χ0n) is 34.1. The lowest BCUT2D eigenvalue weighted by Crippen LogP contribution is -2.08. The largest absolute Gasteiger partial charge is 0.461 e. The number of amidine groups is 2. The van der Waals surface area contributed by atoms with Crippen LogP contribution < -0.4 is 4.74 Å². The number of aliphatic imine (C=N–C) groups is 3. The molecule has 9 aromatic rings. The molecule has 0 saturated heterocycles. The van der Waals surface area contributed by atoms with Crippen LogP contribution in [0, 0.1) is 0 Å². The van der Waals surface area contributed by atoms with Crippen molar-refractivity contribution in [2.75, 3.05) is 6.54 Å². The summed E-state index contributed by atoms with van der Waals surface area (Å²) in [4.78, 5) is 14.2. The van der Waals surface area contributed by atoms with Crippen molar-refractivity contribution in [2.45, 2.75) is 12.3 Å². The Morgan fingerprint density at radius 2 is 1.00 bits per heavy atom. The van der Waals surface area contributed by atoms with Crippen LogP contribution in [0.4, 0.5) is 0 Å². The Bertz CT molecular complexity index is 3300. The lowest BCUT2D eigenvalue weighted by atomic mass is 9.86. The van der Waals surface area contributed by atoms with Gasteiger partial charge in [-0.2, -0.15) is 0 Å². The molecule has 0 spiro atoms. The van der Waals surface area contributed by atoms with Crippen LogP contribution >= 0.6 is 0 Å². The minimum absolute atomic E-state index is 0.171. The van der Waals surface area contributed by atoms with Crippen molar-refractivity contribution in [3.05, 3.63) is 234 Å².